The number of aryl methyl sites for hydroxylation is 1. The number of thioether (sulfide) groups is 1. The summed E-state index contributed by atoms with van der Waals surface area (Å²) >= 11 is 1.54. The van der Waals surface area contributed by atoms with Crippen LogP contribution in [0, 0.1) is 11.8 Å². The molecule has 1 amide bonds. The Kier molecular flexibility index (Phi) is 5.49. The minimum Gasteiger partial charge on any atom is -0.352 e. The van der Waals surface area contributed by atoms with Gasteiger partial charge in [0.2, 0.25) is 5.91 Å². The first-order chi connectivity index (χ1) is 11.6. The molecule has 24 heavy (non-hydrogen) atoms. The Hall–Kier alpha value is -1.49. The Morgan fingerprint density at radius 3 is 2.92 bits per heavy atom. The Bertz CT molecular complexity index is 712. The van der Waals surface area contributed by atoms with Gasteiger partial charge in [0, 0.05) is 12.6 Å². The van der Waals surface area contributed by atoms with Crippen molar-refractivity contribution in [2.75, 3.05) is 5.75 Å². The maximum absolute atomic E-state index is 12.4. The van der Waals surface area contributed by atoms with Crippen LogP contribution in [0.25, 0.3) is 11.0 Å². The minimum absolute atomic E-state index is 0.126. The topological polar surface area (TPSA) is 46.9 Å². The van der Waals surface area contributed by atoms with E-state index in [9.17, 15) is 4.79 Å². The van der Waals surface area contributed by atoms with Gasteiger partial charge in [-0.15, -0.1) is 0 Å². The van der Waals surface area contributed by atoms with E-state index in [1.54, 1.807) is 0 Å². The Morgan fingerprint density at radius 2 is 2.12 bits per heavy atom. The third kappa shape index (κ3) is 3.61. The molecule has 1 aliphatic carbocycles. The average molecular weight is 346 g/mol. The number of carbonyl (C=O) groups is 1. The molecule has 3 atom stereocenters. The van der Waals surface area contributed by atoms with Crippen LogP contribution < -0.4 is 5.32 Å². The first-order valence-electron chi connectivity index (χ1n) is 8.97. The van der Waals surface area contributed by atoms with Gasteiger partial charge in [-0.05, 0) is 37.3 Å². The molecule has 0 radical (unpaired) electrons. The summed E-state index contributed by atoms with van der Waals surface area (Å²) in [4.78, 5) is 17.1. The van der Waals surface area contributed by atoms with Crippen molar-refractivity contribution >= 4 is 28.7 Å². The number of benzene rings is 1. The SMILES string of the molecule is CCn1c(SCC(=O)N[C@@H]2CCC[C@@H](C)[C@@H]2C)nc2ccccc21. The number of fused-ring (bicyclic) bond motifs is 1. The second-order valence-electron chi connectivity index (χ2n) is 6.86. The molecule has 1 saturated carbocycles. The molecule has 0 spiro atoms. The van der Waals surface area contributed by atoms with Crippen molar-refractivity contribution < 1.29 is 4.79 Å². The van der Waals surface area contributed by atoms with E-state index in [-0.39, 0.29) is 5.91 Å². The van der Waals surface area contributed by atoms with Gasteiger partial charge >= 0.3 is 0 Å². The van der Waals surface area contributed by atoms with Crippen molar-refractivity contribution in [3.05, 3.63) is 24.3 Å². The lowest BCUT2D eigenvalue weighted by Crippen LogP contribution is -2.44. The zero-order chi connectivity index (χ0) is 17.1. The molecular weight excluding hydrogens is 318 g/mol. The zero-order valence-corrected chi connectivity index (χ0v) is 15.6. The molecule has 1 N–H and O–H groups in total. The van der Waals surface area contributed by atoms with Gasteiger partial charge in [0.05, 0.1) is 16.8 Å². The highest BCUT2D eigenvalue weighted by atomic mass is 32.2. The Labute approximate surface area is 148 Å². The molecule has 1 fully saturated rings. The summed E-state index contributed by atoms with van der Waals surface area (Å²) < 4.78 is 2.18. The smallest absolute Gasteiger partial charge is 0.230 e. The summed E-state index contributed by atoms with van der Waals surface area (Å²) in [5.41, 5.74) is 2.13. The number of nitrogens with one attached hydrogen (secondary N) is 1. The van der Waals surface area contributed by atoms with Crippen molar-refractivity contribution in [1.29, 1.82) is 0 Å². The molecule has 1 heterocycles. The highest BCUT2D eigenvalue weighted by molar-refractivity contribution is 7.99. The Morgan fingerprint density at radius 1 is 1.33 bits per heavy atom. The lowest BCUT2D eigenvalue weighted by Gasteiger charge is -2.34. The number of para-hydroxylation sites is 2. The van der Waals surface area contributed by atoms with Gasteiger partial charge < -0.3 is 9.88 Å². The summed E-state index contributed by atoms with van der Waals surface area (Å²) in [5.74, 6) is 1.82. The molecule has 130 valence electrons. The van der Waals surface area contributed by atoms with Crippen LogP contribution in [0.4, 0.5) is 0 Å². The van der Waals surface area contributed by atoms with Gasteiger partial charge in [-0.3, -0.25) is 4.79 Å². The number of nitrogens with zero attached hydrogens (tertiary/aromatic N) is 2. The molecule has 0 bridgehead atoms. The van der Waals surface area contributed by atoms with Gasteiger partial charge in [-0.1, -0.05) is 50.6 Å². The summed E-state index contributed by atoms with van der Waals surface area (Å²) in [6, 6.07) is 8.47. The van der Waals surface area contributed by atoms with Crippen LogP contribution in [0.15, 0.2) is 29.4 Å². The molecule has 4 nitrogen and oxygen atoms in total. The largest absolute Gasteiger partial charge is 0.352 e. The van der Waals surface area contributed by atoms with E-state index in [0.29, 0.717) is 23.6 Å². The van der Waals surface area contributed by atoms with E-state index in [2.05, 4.69) is 41.7 Å². The second kappa shape index (κ2) is 7.60. The number of amides is 1. The number of hydrogen-bond donors (Lipinski definition) is 1. The van der Waals surface area contributed by atoms with Crippen LogP contribution >= 0.6 is 11.8 Å². The number of carbonyl (C=O) groups excluding carboxylic acids is 1. The van der Waals surface area contributed by atoms with Crippen molar-refractivity contribution in [1.82, 2.24) is 14.9 Å². The number of hydrogen-bond acceptors (Lipinski definition) is 3. The van der Waals surface area contributed by atoms with Gasteiger partial charge in [0.25, 0.3) is 0 Å². The maximum atomic E-state index is 12.4. The standard InChI is InChI=1S/C19H27N3OS/c1-4-22-17-11-6-5-9-16(17)21-19(22)24-12-18(23)20-15-10-7-8-13(2)14(15)3/h5-6,9,11,13-15H,4,7-8,10,12H2,1-3H3,(H,20,23)/t13-,14+,15-/m1/s1. The summed E-state index contributed by atoms with van der Waals surface area (Å²) in [6.07, 6.45) is 3.60. The van der Waals surface area contributed by atoms with E-state index < -0.39 is 0 Å². The highest BCUT2D eigenvalue weighted by Gasteiger charge is 2.28. The number of aromatic nitrogens is 2. The predicted octanol–water partition coefficient (Wildman–Crippen LogP) is 4.09. The fourth-order valence-electron chi connectivity index (χ4n) is 3.63. The van der Waals surface area contributed by atoms with Crippen molar-refractivity contribution in [2.24, 2.45) is 11.8 Å². The van der Waals surface area contributed by atoms with E-state index in [1.807, 2.05) is 18.2 Å². The third-order valence-electron chi connectivity index (χ3n) is 5.32. The first kappa shape index (κ1) is 17.3. The molecular formula is C19H27N3OS. The van der Waals surface area contributed by atoms with Gasteiger partial charge in [0.1, 0.15) is 0 Å². The van der Waals surface area contributed by atoms with Crippen LogP contribution in [0.1, 0.15) is 40.0 Å². The fourth-order valence-corrected chi connectivity index (χ4v) is 4.52. The van der Waals surface area contributed by atoms with E-state index in [1.165, 1.54) is 24.6 Å². The highest BCUT2D eigenvalue weighted by Crippen LogP contribution is 2.30. The average Bonchev–Trinajstić information content (AvgIpc) is 2.94. The van der Waals surface area contributed by atoms with Crippen molar-refractivity contribution in [3.8, 4) is 0 Å². The van der Waals surface area contributed by atoms with Crippen LogP contribution in [0.5, 0.6) is 0 Å². The van der Waals surface area contributed by atoms with Crippen LogP contribution in [-0.2, 0) is 11.3 Å². The predicted molar refractivity (Wildman–Crippen MR) is 100 cm³/mol. The molecule has 0 unspecified atom stereocenters. The van der Waals surface area contributed by atoms with Gasteiger partial charge in [-0.25, -0.2) is 4.98 Å². The second-order valence-corrected chi connectivity index (χ2v) is 7.80. The van der Waals surface area contributed by atoms with Gasteiger partial charge in [-0.2, -0.15) is 0 Å². The molecule has 1 aromatic carbocycles. The monoisotopic (exact) mass is 345 g/mol. The summed E-state index contributed by atoms with van der Waals surface area (Å²) in [7, 11) is 0. The van der Waals surface area contributed by atoms with Crippen molar-refractivity contribution in [2.45, 2.75) is 57.8 Å². The molecule has 0 aliphatic heterocycles. The first-order valence-corrected chi connectivity index (χ1v) is 9.96. The lowest BCUT2D eigenvalue weighted by molar-refractivity contribution is -0.120. The van der Waals surface area contributed by atoms with Gasteiger partial charge in [0.15, 0.2) is 5.16 Å². The van der Waals surface area contributed by atoms with E-state index in [0.717, 1.165) is 29.2 Å². The Balaban J connectivity index is 1.62. The maximum Gasteiger partial charge on any atom is 0.230 e. The van der Waals surface area contributed by atoms with Crippen LogP contribution in [0.3, 0.4) is 0 Å². The quantitative estimate of drug-likeness (QED) is 0.830. The van der Waals surface area contributed by atoms with Crippen LogP contribution in [0.2, 0.25) is 0 Å². The van der Waals surface area contributed by atoms with E-state index in [4.69, 9.17) is 0 Å². The van der Waals surface area contributed by atoms with E-state index >= 15 is 0 Å². The molecule has 2 aromatic rings. The van der Waals surface area contributed by atoms with Crippen LogP contribution in [-0.4, -0.2) is 27.3 Å². The zero-order valence-electron chi connectivity index (χ0n) is 14.8. The summed E-state index contributed by atoms with van der Waals surface area (Å²) in [5, 5.41) is 4.17. The molecule has 1 aromatic heterocycles. The number of rotatable bonds is 5. The molecule has 0 saturated heterocycles. The normalized spacial score (nSPS) is 24.2. The number of imidazole rings is 1. The molecule has 3 rings (SSSR count). The lowest BCUT2D eigenvalue weighted by atomic mass is 9.78. The van der Waals surface area contributed by atoms with Crippen molar-refractivity contribution in [3.63, 3.8) is 0 Å². The molecule has 1 aliphatic rings. The third-order valence-corrected chi connectivity index (χ3v) is 6.30. The minimum atomic E-state index is 0.126. The molecule has 5 heteroatoms. The fraction of sp³-hybridized carbons (Fsp3) is 0.579. The summed E-state index contributed by atoms with van der Waals surface area (Å²) in [6.45, 7) is 7.53.